The second-order valence-corrected chi connectivity index (χ2v) is 8.12. The van der Waals surface area contributed by atoms with E-state index in [9.17, 15) is 14.4 Å². The lowest BCUT2D eigenvalue weighted by molar-refractivity contribution is -0.137. The normalized spacial score (nSPS) is 11.9. The number of carboxylic acid groups (broad SMARTS) is 1. The fourth-order valence-corrected chi connectivity index (χ4v) is 4.23. The van der Waals surface area contributed by atoms with Gasteiger partial charge in [-0.1, -0.05) is 54.6 Å². The molecule has 0 saturated heterocycles. The molecule has 2 aromatic carbocycles. The molecule has 0 aliphatic heterocycles. The van der Waals surface area contributed by atoms with Gasteiger partial charge in [0.1, 0.15) is 18.8 Å². The molecule has 2 amide bonds. The second kappa shape index (κ2) is 10.7. The third kappa shape index (κ3) is 5.40. The van der Waals surface area contributed by atoms with E-state index in [-0.39, 0.29) is 31.3 Å². The summed E-state index contributed by atoms with van der Waals surface area (Å²) in [7, 11) is 0. The van der Waals surface area contributed by atoms with Gasteiger partial charge in [-0.2, -0.15) is 0 Å². The highest BCUT2D eigenvalue weighted by Crippen LogP contribution is 2.44. The molecule has 0 spiro atoms. The topological polar surface area (TPSA) is 114 Å². The van der Waals surface area contributed by atoms with Crippen LogP contribution < -0.4 is 5.32 Å². The molecule has 0 fully saturated rings. The first-order valence-corrected chi connectivity index (χ1v) is 11.2. The van der Waals surface area contributed by atoms with Crippen LogP contribution in [-0.2, 0) is 16.1 Å². The molecule has 3 aromatic rings. The second-order valence-electron chi connectivity index (χ2n) is 8.12. The van der Waals surface area contributed by atoms with Gasteiger partial charge in [0, 0.05) is 31.7 Å². The number of imidazole rings is 1. The van der Waals surface area contributed by atoms with Gasteiger partial charge in [-0.3, -0.25) is 9.59 Å². The minimum Gasteiger partial charge on any atom is -0.480 e. The Balaban J connectivity index is 1.28. The number of nitrogens with zero attached hydrogens (tertiary/aromatic N) is 3. The van der Waals surface area contributed by atoms with Crippen LogP contribution in [0.4, 0.5) is 4.79 Å². The molecule has 0 radical (unpaired) electrons. The van der Waals surface area contributed by atoms with Crippen LogP contribution in [0.1, 0.15) is 27.5 Å². The average Bonchev–Trinajstić information content (AvgIpc) is 3.45. The van der Waals surface area contributed by atoms with Crippen LogP contribution in [0.2, 0.25) is 0 Å². The number of carboxylic acids is 1. The van der Waals surface area contributed by atoms with E-state index < -0.39 is 24.5 Å². The van der Waals surface area contributed by atoms with Crippen molar-refractivity contribution in [3.63, 3.8) is 0 Å². The Bertz CT molecular complexity index is 1210. The summed E-state index contributed by atoms with van der Waals surface area (Å²) >= 11 is 0. The molecule has 4 rings (SSSR count). The molecule has 180 valence electrons. The minimum atomic E-state index is -1.12. The number of aromatic nitrogens is 2. The molecule has 0 unspecified atom stereocenters. The quantitative estimate of drug-likeness (QED) is 0.437. The molecule has 1 aromatic heterocycles. The maximum atomic E-state index is 12.5. The number of ether oxygens (including phenoxy) is 1. The van der Waals surface area contributed by atoms with Gasteiger partial charge < -0.3 is 24.6 Å². The summed E-state index contributed by atoms with van der Waals surface area (Å²) in [5, 5.41) is 11.7. The zero-order valence-corrected chi connectivity index (χ0v) is 19.1. The van der Waals surface area contributed by atoms with Crippen LogP contribution in [-0.4, -0.2) is 63.8 Å². The van der Waals surface area contributed by atoms with E-state index >= 15 is 0 Å². The summed E-state index contributed by atoms with van der Waals surface area (Å²) < 4.78 is 7.16. The van der Waals surface area contributed by atoms with Gasteiger partial charge >= 0.3 is 12.1 Å². The van der Waals surface area contributed by atoms with Gasteiger partial charge in [0.25, 0.3) is 5.91 Å². The van der Waals surface area contributed by atoms with Gasteiger partial charge in [0.2, 0.25) is 0 Å². The molecular weight excluding hydrogens is 448 g/mol. The first-order chi connectivity index (χ1) is 17.0. The average molecular weight is 475 g/mol. The lowest BCUT2D eigenvalue weighted by atomic mass is 9.98. The van der Waals surface area contributed by atoms with Crippen LogP contribution in [0.15, 0.2) is 73.7 Å². The van der Waals surface area contributed by atoms with E-state index in [0.29, 0.717) is 6.54 Å². The van der Waals surface area contributed by atoms with Crippen LogP contribution in [0.5, 0.6) is 0 Å². The van der Waals surface area contributed by atoms with Crippen LogP contribution >= 0.6 is 0 Å². The van der Waals surface area contributed by atoms with Gasteiger partial charge in [0.05, 0.1) is 6.33 Å². The van der Waals surface area contributed by atoms with Crippen molar-refractivity contribution in [3.8, 4) is 11.1 Å². The lowest BCUT2D eigenvalue weighted by Gasteiger charge is -2.17. The Morgan fingerprint density at radius 1 is 1.11 bits per heavy atom. The Kier molecular flexibility index (Phi) is 7.25. The van der Waals surface area contributed by atoms with Crippen LogP contribution in [0.25, 0.3) is 11.1 Å². The Hall–Kier alpha value is -4.40. The molecule has 1 aliphatic carbocycles. The molecule has 1 aliphatic rings. The summed E-state index contributed by atoms with van der Waals surface area (Å²) in [6.07, 6.45) is 3.90. The van der Waals surface area contributed by atoms with Gasteiger partial charge in [-0.25, -0.2) is 9.78 Å². The summed E-state index contributed by atoms with van der Waals surface area (Å²) in [6.45, 7) is 4.06. The third-order valence-corrected chi connectivity index (χ3v) is 5.80. The van der Waals surface area contributed by atoms with Crippen molar-refractivity contribution in [2.75, 3.05) is 26.2 Å². The predicted octanol–water partition coefficient (Wildman–Crippen LogP) is 3.13. The van der Waals surface area contributed by atoms with Gasteiger partial charge in [-0.15, -0.1) is 6.58 Å². The smallest absolute Gasteiger partial charge is 0.407 e. The van der Waals surface area contributed by atoms with Crippen molar-refractivity contribution in [2.24, 2.45) is 0 Å². The van der Waals surface area contributed by atoms with Crippen molar-refractivity contribution >= 4 is 18.0 Å². The number of alkyl carbamates (subject to hydrolysis) is 1. The largest absolute Gasteiger partial charge is 0.480 e. The molecule has 35 heavy (non-hydrogen) atoms. The van der Waals surface area contributed by atoms with E-state index in [0.717, 1.165) is 27.2 Å². The van der Waals surface area contributed by atoms with Crippen molar-refractivity contribution in [3.05, 3.63) is 90.5 Å². The van der Waals surface area contributed by atoms with Crippen LogP contribution in [0, 0.1) is 0 Å². The minimum absolute atomic E-state index is 0.0142. The zero-order chi connectivity index (χ0) is 24.8. The number of hydrogen-bond acceptors (Lipinski definition) is 5. The number of carbonyl (C=O) groups is 3. The fourth-order valence-electron chi connectivity index (χ4n) is 4.23. The summed E-state index contributed by atoms with van der Waals surface area (Å²) in [6, 6.07) is 16.3. The summed E-state index contributed by atoms with van der Waals surface area (Å²) in [5.41, 5.74) is 4.74. The van der Waals surface area contributed by atoms with E-state index in [2.05, 4.69) is 41.1 Å². The van der Waals surface area contributed by atoms with E-state index in [1.54, 1.807) is 4.57 Å². The summed E-state index contributed by atoms with van der Waals surface area (Å²) in [4.78, 5) is 41.0. The SMILES string of the molecule is C=CCN(CC(=O)O)C(=O)c1cn(CCNC(=O)OCC2c3ccccc3-c3ccccc32)cn1. The monoisotopic (exact) mass is 474 g/mol. The lowest BCUT2D eigenvalue weighted by Crippen LogP contribution is -2.36. The highest BCUT2D eigenvalue weighted by Gasteiger charge is 2.29. The summed E-state index contributed by atoms with van der Waals surface area (Å²) in [5.74, 6) is -1.64. The molecule has 9 nitrogen and oxygen atoms in total. The number of benzene rings is 2. The molecule has 2 N–H and O–H groups in total. The van der Waals surface area contributed by atoms with Crippen molar-refractivity contribution in [1.82, 2.24) is 19.8 Å². The highest BCUT2D eigenvalue weighted by atomic mass is 16.5. The first-order valence-electron chi connectivity index (χ1n) is 11.2. The standard InChI is InChI=1S/C26H26N4O5/c1-2-12-30(15-24(31)32)25(33)23-14-29(17-28-23)13-11-27-26(34)35-16-22-20-9-5-3-7-18(20)19-8-4-6-10-21(19)22/h2-10,14,17,22H,1,11-13,15-16H2,(H,27,34)(H,31,32). The number of carbonyl (C=O) groups excluding carboxylic acids is 2. The molecular formula is C26H26N4O5. The van der Waals surface area contributed by atoms with Crippen molar-refractivity contribution in [1.29, 1.82) is 0 Å². The third-order valence-electron chi connectivity index (χ3n) is 5.80. The van der Waals surface area contributed by atoms with E-state index in [1.165, 1.54) is 18.6 Å². The van der Waals surface area contributed by atoms with Crippen molar-refractivity contribution < 1.29 is 24.2 Å². The van der Waals surface area contributed by atoms with Gasteiger partial charge in [-0.05, 0) is 22.3 Å². The molecule has 1 heterocycles. The fraction of sp³-hybridized carbons (Fsp3) is 0.231. The zero-order valence-electron chi connectivity index (χ0n) is 19.1. The van der Waals surface area contributed by atoms with Crippen LogP contribution in [0.3, 0.4) is 0 Å². The van der Waals surface area contributed by atoms with E-state index in [1.807, 2.05) is 24.3 Å². The molecule has 0 bridgehead atoms. The Morgan fingerprint density at radius 2 is 1.77 bits per heavy atom. The molecule has 9 heteroatoms. The Labute approximate surface area is 202 Å². The molecule has 0 saturated carbocycles. The highest BCUT2D eigenvalue weighted by molar-refractivity contribution is 5.94. The Morgan fingerprint density at radius 3 is 2.40 bits per heavy atom. The number of aliphatic carboxylic acids is 1. The number of rotatable bonds is 10. The first kappa shape index (κ1) is 23.7. The number of hydrogen-bond donors (Lipinski definition) is 2. The number of amides is 2. The van der Waals surface area contributed by atoms with Gasteiger partial charge in [0.15, 0.2) is 0 Å². The van der Waals surface area contributed by atoms with E-state index in [4.69, 9.17) is 9.84 Å². The molecule has 0 atom stereocenters. The maximum Gasteiger partial charge on any atom is 0.407 e. The van der Waals surface area contributed by atoms with Crippen molar-refractivity contribution in [2.45, 2.75) is 12.5 Å². The number of nitrogens with one attached hydrogen (secondary N) is 1. The number of fused-ring (bicyclic) bond motifs is 3. The maximum absolute atomic E-state index is 12.5. The predicted molar refractivity (Wildman–Crippen MR) is 129 cm³/mol.